The van der Waals surface area contributed by atoms with Crippen LogP contribution in [0.5, 0.6) is 0 Å². The standard InChI is InChI=1S/C9H17I/c1-7(2)9(5-6-10)8(3)4/h5,7-8H,6H2,1-4H3. The van der Waals surface area contributed by atoms with Crippen LogP contribution in [0.15, 0.2) is 11.6 Å². The van der Waals surface area contributed by atoms with Crippen molar-refractivity contribution in [3.63, 3.8) is 0 Å². The fourth-order valence-electron chi connectivity index (χ4n) is 1.23. The van der Waals surface area contributed by atoms with Gasteiger partial charge in [-0.25, -0.2) is 0 Å². The summed E-state index contributed by atoms with van der Waals surface area (Å²) in [5, 5.41) is 0. The van der Waals surface area contributed by atoms with E-state index in [1.165, 1.54) is 0 Å². The highest BCUT2D eigenvalue weighted by Gasteiger charge is 2.05. The van der Waals surface area contributed by atoms with E-state index in [9.17, 15) is 0 Å². The van der Waals surface area contributed by atoms with Crippen LogP contribution in [0.1, 0.15) is 27.7 Å². The number of allylic oxidation sites excluding steroid dienone is 2. The second kappa shape index (κ2) is 5.16. The highest BCUT2D eigenvalue weighted by molar-refractivity contribution is 14.1. The molecule has 10 heavy (non-hydrogen) atoms. The number of halogens is 1. The van der Waals surface area contributed by atoms with Crippen LogP contribution >= 0.6 is 22.6 Å². The first kappa shape index (κ1) is 10.5. The van der Waals surface area contributed by atoms with Gasteiger partial charge in [-0.1, -0.05) is 61.9 Å². The van der Waals surface area contributed by atoms with Gasteiger partial charge in [-0.15, -0.1) is 0 Å². The molecular formula is C9H17I. The maximum absolute atomic E-state index is 2.39. The van der Waals surface area contributed by atoms with Crippen LogP contribution in [0.2, 0.25) is 0 Å². The monoisotopic (exact) mass is 252 g/mol. The van der Waals surface area contributed by atoms with Gasteiger partial charge in [0.25, 0.3) is 0 Å². The number of hydrogen-bond donors (Lipinski definition) is 0. The van der Waals surface area contributed by atoms with Crippen molar-refractivity contribution in [2.75, 3.05) is 4.43 Å². The van der Waals surface area contributed by atoms with Crippen molar-refractivity contribution in [3.8, 4) is 0 Å². The third-order valence-corrected chi connectivity index (χ3v) is 2.09. The van der Waals surface area contributed by atoms with Gasteiger partial charge >= 0.3 is 0 Å². The second-order valence-electron chi connectivity index (χ2n) is 3.17. The van der Waals surface area contributed by atoms with Gasteiger partial charge in [0.1, 0.15) is 0 Å². The zero-order valence-corrected chi connectivity index (χ0v) is 9.47. The largest absolute Gasteiger partial charge is 0.0818 e. The summed E-state index contributed by atoms with van der Waals surface area (Å²) < 4.78 is 1.14. The Labute approximate surface area is 78.2 Å². The summed E-state index contributed by atoms with van der Waals surface area (Å²) in [6, 6.07) is 0. The summed E-state index contributed by atoms with van der Waals surface area (Å²) in [7, 11) is 0. The van der Waals surface area contributed by atoms with Crippen LogP contribution in [0.3, 0.4) is 0 Å². The molecule has 0 spiro atoms. The van der Waals surface area contributed by atoms with E-state index >= 15 is 0 Å². The van der Waals surface area contributed by atoms with Gasteiger partial charge in [0.05, 0.1) is 0 Å². The van der Waals surface area contributed by atoms with Gasteiger partial charge in [0.2, 0.25) is 0 Å². The molecule has 0 aromatic rings. The topological polar surface area (TPSA) is 0 Å². The van der Waals surface area contributed by atoms with Crippen molar-refractivity contribution in [3.05, 3.63) is 11.6 Å². The van der Waals surface area contributed by atoms with Crippen molar-refractivity contribution in [2.24, 2.45) is 11.8 Å². The van der Waals surface area contributed by atoms with Crippen molar-refractivity contribution < 1.29 is 0 Å². The molecule has 0 aliphatic carbocycles. The molecule has 1 heteroatoms. The summed E-state index contributed by atoms with van der Waals surface area (Å²) in [6.45, 7) is 9.05. The van der Waals surface area contributed by atoms with E-state index in [4.69, 9.17) is 0 Å². The Morgan fingerprint density at radius 1 is 1.20 bits per heavy atom. The molecule has 0 saturated carbocycles. The average molecular weight is 252 g/mol. The van der Waals surface area contributed by atoms with Gasteiger partial charge in [0.15, 0.2) is 0 Å². The predicted molar refractivity (Wildman–Crippen MR) is 56.6 cm³/mol. The molecule has 0 aromatic carbocycles. The fourth-order valence-corrected chi connectivity index (χ4v) is 1.74. The van der Waals surface area contributed by atoms with E-state index < -0.39 is 0 Å². The van der Waals surface area contributed by atoms with Gasteiger partial charge in [0, 0.05) is 4.43 Å². The minimum atomic E-state index is 0.717. The van der Waals surface area contributed by atoms with Crippen LogP contribution in [-0.4, -0.2) is 4.43 Å². The molecule has 0 unspecified atom stereocenters. The van der Waals surface area contributed by atoms with E-state index in [1.54, 1.807) is 5.57 Å². The van der Waals surface area contributed by atoms with E-state index in [-0.39, 0.29) is 0 Å². The molecule has 0 aliphatic rings. The lowest BCUT2D eigenvalue weighted by Gasteiger charge is -2.14. The van der Waals surface area contributed by atoms with E-state index in [0.717, 1.165) is 16.3 Å². The maximum Gasteiger partial charge on any atom is 0.0178 e. The molecular weight excluding hydrogens is 235 g/mol. The van der Waals surface area contributed by atoms with E-state index in [0.29, 0.717) is 0 Å². The van der Waals surface area contributed by atoms with Gasteiger partial charge in [-0.3, -0.25) is 0 Å². The predicted octanol–water partition coefficient (Wildman–Crippen LogP) is 3.66. The Morgan fingerprint density at radius 2 is 1.60 bits per heavy atom. The molecule has 0 nitrogen and oxygen atoms in total. The Hall–Kier alpha value is 0.470. The maximum atomic E-state index is 2.39. The van der Waals surface area contributed by atoms with Crippen LogP contribution in [-0.2, 0) is 0 Å². The zero-order valence-electron chi connectivity index (χ0n) is 7.32. The molecule has 0 rings (SSSR count). The lowest BCUT2D eigenvalue weighted by Crippen LogP contribution is -2.01. The molecule has 0 N–H and O–H groups in total. The van der Waals surface area contributed by atoms with Crippen molar-refractivity contribution in [1.29, 1.82) is 0 Å². The minimum Gasteiger partial charge on any atom is -0.0818 e. The van der Waals surface area contributed by atoms with E-state index in [2.05, 4.69) is 56.4 Å². The first-order valence-corrected chi connectivity index (χ1v) is 5.38. The molecule has 0 amide bonds. The third kappa shape index (κ3) is 3.59. The highest BCUT2D eigenvalue weighted by Crippen LogP contribution is 2.19. The van der Waals surface area contributed by atoms with Crippen molar-refractivity contribution in [2.45, 2.75) is 27.7 Å². The summed E-state index contributed by atoms with van der Waals surface area (Å²) >= 11 is 2.39. The number of hydrogen-bond acceptors (Lipinski definition) is 0. The van der Waals surface area contributed by atoms with Crippen LogP contribution in [0, 0.1) is 11.8 Å². The van der Waals surface area contributed by atoms with E-state index in [1.807, 2.05) is 0 Å². The zero-order chi connectivity index (χ0) is 8.15. The molecule has 0 atom stereocenters. The summed E-state index contributed by atoms with van der Waals surface area (Å²) in [5.74, 6) is 1.43. The average Bonchev–Trinajstić information content (AvgIpc) is 1.81. The molecule has 0 bridgehead atoms. The van der Waals surface area contributed by atoms with Crippen LogP contribution < -0.4 is 0 Å². The molecule has 0 fully saturated rings. The van der Waals surface area contributed by atoms with Crippen LogP contribution in [0.25, 0.3) is 0 Å². The Kier molecular flexibility index (Phi) is 5.41. The lowest BCUT2D eigenvalue weighted by atomic mass is 9.93. The Morgan fingerprint density at radius 3 is 1.70 bits per heavy atom. The van der Waals surface area contributed by atoms with Gasteiger partial charge < -0.3 is 0 Å². The molecule has 0 radical (unpaired) electrons. The molecule has 0 saturated heterocycles. The van der Waals surface area contributed by atoms with Crippen molar-refractivity contribution >= 4 is 22.6 Å². The first-order chi connectivity index (χ1) is 4.59. The summed E-state index contributed by atoms with van der Waals surface area (Å²) in [5.41, 5.74) is 1.59. The smallest absolute Gasteiger partial charge is 0.0178 e. The second-order valence-corrected chi connectivity index (χ2v) is 4.05. The normalized spacial score (nSPS) is 10.7. The number of rotatable bonds is 3. The number of alkyl halides is 1. The molecule has 0 aliphatic heterocycles. The molecule has 0 heterocycles. The van der Waals surface area contributed by atoms with Crippen LogP contribution in [0.4, 0.5) is 0 Å². The van der Waals surface area contributed by atoms with Gasteiger partial charge in [-0.2, -0.15) is 0 Å². The molecule has 0 aromatic heterocycles. The lowest BCUT2D eigenvalue weighted by molar-refractivity contribution is 0.624. The van der Waals surface area contributed by atoms with Gasteiger partial charge in [-0.05, 0) is 11.8 Å². The Bertz CT molecular complexity index is 102. The fraction of sp³-hybridized carbons (Fsp3) is 0.778. The quantitative estimate of drug-likeness (QED) is 0.408. The summed E-state index contributed by atoms with van der Waals surface area (Å²) in [6.07, 6.45) is 2.34. The SMILES string of the molecule is CC(C)C(=CCI)C(C)C. The minimum absolute atomic E-state index is 0.717. The third-order valence-electron chi connectivity index (χ3n) is 1.65. The molecule has 60 valence electrons. The summed E-state index contributed by atoms with van der Waals surface area (Å²) in [4.78, 5) is 0. The first-order valence-electron chi connectivity index (χ1n) is 3.85. The Balaban J connectivity index is 4.12. The highest BCUT2D eigenvalue weighted by atomic mass is 127. The van der Waals surface area contributed by atoms with Crippen molar-refractivity contribution in [1.82, 2.24) is 0 Å².